The molecule has 5 nitrogen and oxygen atoms in total. The van der Waals surface area contributed by atoms with Crippen molar-refractivity contribution in [1.82, 2.24) is 4.31 Å². The molecule has 17 heavy (non-hydrogen) atoms. The van der Waals surface area contributed by atoms with E-state index in [1.807, 2.05) is 0 Å². The number of aliphatic hydroxyl groups is 1. The minimum atomic E-state index is -3.46. The molecule has 0 radical (unpaired) electrons. The molecule has 0 spiro atoms. The third kappa shape index (κ3) is 2.15. The van der Waals surface area contributed by atoms with Crippen molar-refractivity contribution in [1.29, 1.82) is 0 Å². The fourth-order valence-electron chi connectivity index (χ4n) is 1.77. The predicted molar refractivity (Wildman–Crippen MR) is 62.5 cm³/mol. The molecule has 0 atom stereocenters. The maximum atomic E-state index is 12.1. The van der Waals surface area contributed by atoms with Gasteiger partial charge in [0.05, 0.1) is 18.1 Å². The van der Waals surface area contributed by atoms with Crippen LogP contribution in [0.1, 0.15) is 5.56 Å². The van der Waals surface area contributed by atoms with Gasteiger partial charge in [0.1, 0.15) is 5.75 Å². The highest BCUT2D eigenvalue weighted by atomic mass is 32.2. The fourth-order valence-corrected chi connectivity index (χ4v) is 3.37. The van der Waals surface area contributed by atoms with E-state index in [9.17, 15) is 8.42 Å². The van der Waals surface area contributed by atoms with E-state index in [1.165, 1.54) is 10.4 Å². The number of ether oxygens (including phenoxy) is 1. The lowest BCUT2D eigenvalue weighted by molar-refractivity contribution is 0.0548. The van der Waals surface area contributed by atoms with Gasteiger partial charge in [-0.05, 0) is 30.7 Å². The van der Waals surface area contributed by atoms with Crippen LogP contribution in [0.2, 0.25) is 0 Å². The molecule has 1 aromatic rings. The predicted octanol–water partition coefficient (Wildman–Crippen LogP) is 0.369. The Morgan fingerprint density at radius 2 is 2.06 bits per heavy atom. The minimum Gasteiger partial charge on any atom is -0.496 e. The average molecular weight is 257 g/mol. The van der Waals surface area contributed by atoms with E-state index in [2.05, 4.69) is 0 Å². The molecule has 2 rings (SSSR count). The molecular formula is C11H15NO4S. The molecule has 0 amide bonds. The van der Waals surface area contributed by atoms with Gasteiger partial charge in [-0.2, -0.15) is 4.31 Å². The number of benzene rings is 1. The second kappa shape index (κ2) is 4.29. The van der Waals surface area contributed by atoms with E-state index < -0.39 is 16.1 Å². The third-order valence-electron chi connectivity index (χ3n) is 2.83. The van der Waals surface area contributed by atoms with Crippen molar-refractivity contribution < 1.29 is 18.3 Å². The summed E-state index contributed by atoms with van der Waals surface area (Å²) in [5.41, 5.74) is 0.773. The highest BCUT2D eigenvalue weighted by Crippen LogP contribution is 2.26. The number of rotatable bonds is 3. The topological polar surface area (TPSA) is 66.8 Å². The molecule has 1 aliphatic rings. The van der Waals surface area contributed by atoms with E-state index >= 15 is 0 Å². The number of methoxy groups -OCH3 is 1. The van der Waals surface area contributed by atoms with Gasteiger partial charge < -0.3 is 9.84 Å². The highest BCUT2D eigenvalue weighted by Gasteiger charge is 2.35. The van der Waals surface area contributed by atoms with Gasteiger partial charge in [-0.25, -0.2) is 8.42 Å². The van der Waals surface area contributed by atoms with Crippen LogP contribution >= 0.6 is 0 Å². The lowest BCUT2D eigenvalue weighted by Gasteiger charge is -2.34. The molecular weight excluding hydrogens is 242 g/mol. The van der Waals surface area contributed by atoms with E-state index in [-0.39, 0.29) is 18.0 Å². The molecule has 0 saturated carbocycles. The van der Waals surface area contributed by atoms with Gasteiger partial charge in [-0.3, -0.25) is 0 Å². The lowest BCUT2D eigenvalue weighted by atomic mass is 10.2. The van der Waals surface area contributed by atoms with Crippen molar-refractivity contribution in [2.45, 2.75) is 17.9 Å². The number of hydrogen-bond donors (Lipinski definition) is 1. The molecule has 1 saturated heterocycles. The van der Waals surface area contributed by atoms with Gasteiger partial charge in [-0.15, -0.1) is 0 Å². The SMILES string of the molecule is COc1ccc(S(=O)(=O)N2CC(O)C2)cc1C. The van der Waals surface area contributed by atoms with E-state index in [1.54, 1.807) is 26.2 Å². The van der Waals surface area contributed by atoms with Crippen LogP contribution in [0.4, 0.5) is 0 Å². The van der Waals surface area contributed by atoms with Crippen LogP contribution in [0.5, 0.6) is 5.75 Å². The highest BCUT2D eigenvalue weighted by molar-refractivity contribution is 7.89. The number of sulfonamides is 1. The first-order chi connectivity index (χ1) is 7.95. The largest absolute Gasteiger partial charge is 0.496 e. The molecule has 1 N–H and O–H groups in total. The van der Waals surface area contributed by atoms with Gasteiger partial charge in [0.2, 0.25) is 10.0 Å². The average Bonchev–Trinajstić information content (AvgIpc) is 2.24. The molecule has 0 unspecified atom stereocenters. The molecule has 1 heterocycles. The Labute approximate surface area is 101 Å². The van der Waals surface area contributed by atoms with Crippen molar-refractivity contribution >= 4 is 10.0 Å². The van der Waals surface area contributed by atoms with Crippen LogP contribution in [0.25, 0.3) is 0 Å². The summed E-state index contributed by atoms with van der Waals surface area (Å²) in [7, 11) is -1.92. The summed E-state index contributed by atoms with van der Waals surface area (Å²) in [6.45, 7) is 2.14. The van der Waals surface area contributed by atoms with Crippen molar-refractivity contribution in [2.24, 2.45) is 0 Å². The quantitative estimate of drug-likeness (QED) is 0.849. The monoisotopic (exact) mass is 257 g/mol. The van der Waals surface area contributed by atoms with Crippen LogP contribution in [0, 0.1) is 6.92 Å². The van der Waals surface area contributed by atoms with E-state index in [0.717, 1.165) is 5.56 Å². The van der Waals surface area contributed by atoms with Crippen molar-refractivity contribution in [3.8, 4) is 5.75 Å². The van der Waals surface area contributed by atoms with Crippen LogP contribution in [0.3, 0.4) is 0 Å². The maximum Gasteiger partial charge on any atom is 0.243 e. The van der Waals surface area contributed by atoms with E-state index in [4.69, 9.17) is 9.84 Å². The Kier molecular flexibility index (Phi) is 3.11. The second-order valence-electron chi connectivity index (χ2n) is 4.11. The Morgan fingerprint density at radius 3 is 2.53 bits per heavy atom. The molecule has 1 fully saturated rings. The summed E-state index contributed by atoms with van der Waals surface area (Å²) in [4.78, 5) is 0.239. The van der Waals surface area contributed by atoms with Crippen LogP contribution < -0.4 is 4.74 Å². The first kappa shape index (κ1) is 12.3. The number of β-amino-alcohol motifs (C(OH)–C–C–N with tert-alkyl or cyclic N) is 1. The Bertz CT molecular complexity index is 520. The van der Waals surface area contributed by atoms with Gasteiger partial charge in [0.15, 0.2) is 0 Å². The molecule has 94 valence electrons. The molecule has 0 aliphatic carbocycles. The molecule has 1 aromatic carbocycles. The van der Waals surface area contributed by atoms with Gasteiger partial charge >= 0.3 is 0 Å². The third-order valence-corrected chi connectivity index (χ3v) is 4.66. The number of nitrogens with zero attached hydrogens (tertiary/aromatic N) is 1. The summed E-state index contributed by atoms with van der Waals surface area (Å²) in [6, 6.07) is 4.74. The van der Waals surface area contributed by atoms with Crippen molar-refractivity contribution in [3.63, 3.8) is 0 Å². The Hall–Kier alpha value is -1.11. The van der Waals surface area contributed by atoms with Crippen LogP contribution in [-0.4, -0.2) is 44.1 Å². The second-order valence-corrected chi connectivity index (χ2v) is 6.05. The number of aliphatic hydroxyl groups excluding tert-OH is 1. The first-order valence-corrected chi connectivity index (χ1v) is 6.72. The Balaban J connectivity index is 2.31. The zero-order chi connectivity index (χ0) is 12.6. The number of hydrogen-bond acceptors (Lipinski definition) is 4. The van der Waals surface area contributed by atoms with Crippen LogP contribution in [-0.2, 0) is 10.0 Å². The zero-order valence-corrected chi connectivity index (χ0v) is 10.6. The van der Waals surface area contributed by atoms with E-state index in [0.29, 0.717) is 5.75 Å². The molecule has 0 bridgehead atoms. The zero-order valence-electron chi connectivity index (χ0n) is 9.75. The van der Waals surface area contributed by atoms with Crippen LogP contribution in [0.15, 0.2) is 23.1 Å². The standard InChI is InChI=1S/C11H15NO4S/c1-8-5-10(3-4-11(8)16-2)17(14,15)12-6-9(13)7-12/h3-5,9,13H,6-7H2,1-2H3. The molecule has 0 aromatic heterocycles. The summed E-state index contributed by atoms with van der Waals surface area (Å²) in [5, 5.41) is 9.14. The summed E-state index contributed by atoms with van der Waals surface area (Å²) in [5.74, 6) is 0.660. The number of aryl methyl sites for hydroxylation is 1. The smallest absolute Gasteiger partial charge is 0.243 e. The normalized spacial score (nSPS) is 17.8. The Morgan fingerprint density at radius 1 is 1.41 bits per heavy atom. The summed E-state index contributed by atoms with van der Waals surface area (Å²) in [6.07, 6.45) is -0.538. The summed E-state index contributed by atoms with van der Waals surface area (Å²) < 4.78 is 30.5. The van der Waals surface area contributed by atoms with Crippen molar-refractivity contribution in [3.05, 3.63) is 23.8 Å². The first-order valence-electron chi connectivity index (χ1n) is 5.28. The van der Waals surface area contributed by atoms with Gasteiger partial charge in [0, 0.05) is 13.1 Å². The molecule has 1 aliphatic heterocycles. The van der Waals surface area contributed by atoms with Gasteiger partial charge in [-0.1, -0.05) is 0 Å². The van der Waals surface area contributed by atoms with Crippen molar-refractivity contribution in [2.75, 3.05) is 20.2 Å². The molecule has 6 heteroatoms. The maximum absolute atomic E-state index is 12.1. The minimum absolute atomic E-state index is 0.174. The summed E-state index contributed by atoms with van der Waals surface area (Å²) >= 11 is 0. The fraction of sp³-hybridized carbons (Fsp3) is 0.455. The van der Waals surface area contributed by atoms with Gasteiger partial charge in [0.25, 0.3) is 0 Å². The lowest BCUT2D eigenvalue weighted by Crippen LogP contribution is -2.53.